The van der Waals surface area contributed by atoms with Crippen LogP contribution in [0.2, 0.25) is 0 Å². The fraction of sp³-hybridized carbons (Fsp3) is 0.300. The van der Waals surface area contributed by atoms with Crippen molar-refractivity contribution >= 4 is 28.5 Å². The molecule has 1 aliphatic carbocycles. The van der Waals surface area contributed by atoms with Gasteiger partial charge in [-0.3, -0.25) is 4.79 Å². The minimum absolute atomic E-state index is 0.247. The van der Waals surface area contributed by atoms with E-state index in [0.29, 0.717) is 6.42 Å². The van der Waals surface area contributed by atoms with Crippen LogP contribution in [-0.2, 0) is 6.42 Å². The standard InChI is InChI=1S/C10H8N2OS2/c13-7-3-1-2-6-8(7)15-10(12-6)9-11-4-5-14-9/h4-5H,1-3H2. The maximum atomic E-state index is 11.6. The molecule has 0 saturated carbocycles. The molecule has 0 atom stereocenters. The molecule has 2 aromatic rings. The molecule has 3 rings (SSSR count). The van der Waals surface area contributed by atoms with Crippen molar-refractivity contribution in [3.8, 4) is 10.0 Å². The molecular formula is C10H8N2OS2. The molecule has 5 heteroatoms. The number of fused-ring (bicyclic) bond motifs is 1. The molecule has 3 nitrogen and oxygen atoms in total. The molecule has 0 bridgehead atoms. The van der Waals surface area contributed by atoms with Crippen molar-refractivity contribution in [2.45, 2.75) is 19.3 Å². The number of carbonyl (C=O) groups is 1. The fourth-order valence-corrected chi connectivity index (χ4v) is 3.45. The maximum Gasteiger partial charge on any atom is 0.174 e. The molecule has 2 heterocycles. The molecule has 0 amide bonds. The minimum atomic E-state index is 0.247. The zero-order valence-corrected chi connectivity index (χ0v) is 9.53. The van der Waals surface area contributed by atoms with Crippen LogP contribution < -0.4 is 0 Å². The Morgan fingerprint density at radius 1 is 1.27 bits per heavy atom. The summed E-state index contributed by atoms with van der Waals surface area (Å²) in [4.78, 5) is 21.2. The molecule has 0 aromatic carbocycles. The number of hydrogen-bond donors (Lipinski definition) is 0. The van der Waals surface area contributed by atoms with Gasteiger partial charge in [-0.2, -0.15) is 0 Å². The lowest BCUT2D eigenvalue weighted by molar-refractivity contribution is 0.0976. The second-order valence-electron chi connectivity index (χ2n) is 3.41. The first kappa shape index (κ1) is 9.18. The second kappa shape index (κ2) is 3.50. The Kier molecular flexibility index (Phi) is 2.14. The van der Waals surface area contributed by atoms with Crippen LogP contribution >= 0.6 is 22.7 Å². The third-order valence-corrected chi connectivity index (χ3v) is 4.44. The molecule has 0 spiro atoms. The van der Waals surface area contributed by atoms with Crippen LogP contribution in [0.5, 0.6) is 0 Å². The van der Waals surface area contributed by atoms with E-state index in [4.69, 9.17) is 0 Å². The van der Waals surface area contributed by atoms with E-state index in [2.05, 4.69) is 9.97 Å². The van der Waals surface area contributed by atoms with Crippen molar-refractivity contribution in [3.63, 3.8) is 0 Å². The van der Waals surface area contributed by atoms with Crippen molar-refractivity contribution < 1.29 is 4.79 Å². The normalized spacial score (nSPS) is 15.3. The Morgan fingerprint density at radius 2 is 2.20 bits per heavy atom. The van der Waals surface area contributed by atoms with E-state index < -0.39 is 0 Å². The van der Waals surface area contributed by atoms with Crippen LogP contribution in [0.15, 0.2) is 11.6 Å². The monoisotopic (exact) mass is 236 g/mol. The number of rotatable bonds is 1. The van der Waals surface area contributed by atoms with Crippen LogP contribution in [0.25, 0.3) is 10.0 Å². The van der Waals surface area contributed by atoms with Gasteiger partial charge in [0.2, 0.25) is 0 Å². The molecule has 0 aliphatic heterocycles. The lowest BCUT2D eigenvalue weighted by Crippen LogP contribution is -2.07. The lowest BCUT2D eigenvalue weighted by atomic mass is 10.0. The van der Waals surface area contributed by atoms with Gasteiger partial charge in [-0.25, -0.2) is 9.97 Å². The van der Waals surface area contributed by atoms with E-state index in [1.54, 1.807) is 17.5 Å². The molecule has 0 unspecified atom stereocenters. The van der Waals surface area contributed by atoms with E-state index in [-0.39, 0.29) is 5.78 Å². The Balaban J connectivity index is 2.09. The molecule has 0 radical (unpaired) electrons. The first-order valence-electron chi connectivity index (χ1n) is 4.77. The van der Waals surface area contributed by atoms with Gasteiger partial charge in [-0.05, 0) is 12.8 Å². The van der Waals surface area contributed by atoms with Gasteiger partial charge in [0, 0.05) is 18.0 Å². The second-order valence-corrected chi connectivity index (χ2v) is 5.30. The van der Waals surface area contributed by atoms with Crippen LogP contribution in [0, 0.1) is 0 Å². The summed E-state index contributed by atoms with van der Waals surface area (Å²) in [5, 5.41) is 3.74. The fourth-order valence-electron chi connectivity index (χ4n) is 1.69. The summed E-state index contributed by atoms with van der Waals surface area (Å²) in [6.45, 7) is 0. The topological polar surface area (TPSA) is 42.9 Å². The van der Waals surface area contributed by atoms with Gasteiger partial charge < -0.3 is 0 Å². The molecule has 0 fully saturated rings. The highest BCUT2D eigenvalue weighted by Gasteiger charge is 2.23. The molecule has 2 aromatic heterocycles. The Morgan fingerprint density at radius 3 is 2.93 bits per heavy atom. The SMILES string of the molecule is O=C1CCCc2nc(-c3nccs3)sc21. The first-order valence-corrected chi connectivity index (χ1v) is 6.47. The third kappa shape index (κ3) is 1.52. The van der Waals surface area contributed by atoms with E-state index >= 15 is 0 Å². The van der Waals surface area contributed by atoms with Gasteiger partial charge in [-0.1, -0.05) is 0 Å². The largest absolute Gasteiger partial charge is 0.293 e. The smallest absolute Gasteiger partial charge is 0.174 e. The highest BCUT2D eigenvalue weighted by molar-refractivity contribution is 7.21. The number of carbonyl (C=O) groups excluding carboxylic acids is 1. The molecule has 0 N–H and O–H groups in total. The van der Waals surface area contributed by atoms with E-state index in [1.807, 2.05) is 5.38 Å². The van der Waals surface area contributed by atoms with Crippen molar-refractivity contribution in [1.29, 1.82) is 0 Å². The zero-order chi connectivity index (χ0) is 10.3. The highest BCUT2D eigenvalue weighted by Crippen LogP contribution is 2.33. The van der Waals surface area contributed by atoms with E-state index in [9.17, 15) is 4.79 Å². The Labute approximate surface area is 94.8 Å². The van der Waals surface area contributed by atoms with Crippen molar-refractivity contribution in [2.24, 2.45) is 0 Å². The van der Waals surface area contributed by atoms with E-state index in [1.165, 1.54) is 11.3 Å². The molecule has 0 saturated heterocycles. The summed E-state index contributed by atoms with van der Waals surface area (Å²) in [7, 11) is 0. The van der Waals surface area contributed by atoms with Crippen molar-refractivity contribution in [3.05, 3.63) is 22.1 Å². The lowest BCUT2D eigenvalue weighted by Gasteiger charge is -2.06. The minimum Gasteiger partial charge on any atom is -0.293 e. The summed E-state index contributed by atoms with van der Waals surface area (Å²) in [6, 6.07) is 0. The Hall–Kier alpha value is -1.07. The van der Waals surface area contributed by atoms with Crippen molar-refractivity contribution in [2.75, 3.05) is 0 Å². The van der Waals surface area contributed by atoms with Crippen LogP contribution in [0.3, 0.4) is 0 Å². The van der Waals surface area contributed by atoms with Crippen LogP contribution in [-0.4, -0.2) is 15.8 Å². The summed E-state index contributed by atoms with van der Waals surface area (Å²) in [5.74, 6) is 0.247. The van der Waals surface area contributed by atoms with E-state index in [0.717, 1.165) is 33.4 Å². The summed E-state index contributed by atoms with van der Waals surface area (Å²) in [6.07, 6.45) is 4.31. The number of ketones is 1. The summed E-state index contributed by atoms with van der Waals surface area (Å²) < 4.78 is 0. The molecular weight excluding hydrogens is 228 g/mol. The molecule has 76 valence electrons. The number of aromatic nitrogens is 2. The predicted octanol–water partition coefficient (Wildman–Crippen LogP) is 2.79. The number of hydrogen-bond acceptors (Lipinski definition) is 5. The molecule has 1 aliphatic rings. The van der Waals surface area contributed by atoms with Gasteiger partial charge in [0.15, 0.2) is 15.8 Å². The van der Waals surface area contributed by atoms with Crippen molar-refractivity contribution in [1.82, 2.24) is 9.97 Å². The van der Waals surface area contributed by atoms with Crippen LogP contribution in [0.4, 0.5) is 0 Å². The van der Waals surface area contributed by atoms with Gasteiger partial charge in [0.1, 0.15) is 0 Å². The summed E-state index contributed by atoms with van der Waals surface area (Å²) >= 11 is 3.05. The average Bonchev–Trinajstić information content (AvgIpc) is 2.86. The maximum absolute atomic E-state index is 11.6. The summed E-state index contributed by atoms with van der Waals surface area (Å²) in [5.41, 5.74) is 0.974. The van der Waals surface area contributed by atoms with Gasteiger partial charge in [-0.15, -0.1) is 22.7 Å². The van der Waals surface area contributed by atoms with Gasteiger partial charge in [0.25, 0.3) is 0 Å². The zero-order valence-electron chi connectivity index (χ0n) is 7.90. The first-order chi connectivity index (χ1) is 7.34. The van der Waals surface area contributed by atoms with Crippen LogP contribution in [0.1, 0.15) is 28.2 Å². The number of Topliss-reactive ketones (excluding diaryl/α,β-unsaturated/α-hetero) is 1. The number of thiazole rings is 2. The van der Waals surface area contributed by atoms with Gasteiger partial charge >= 0.3 is 0 Å². The number of aryl methyl sites for hydroxylation is 1. The van der Waals surface area contributed by atoms with Gasteiger partial charge in [0.05, 0.1) is 10.6 Å². The average molecular weight is 236 g/mol. The third-order valence-electron chi connectivity index (χ3n) is 2.38. The number of nitrogens with zero attached hydrogens (tertiary/aromatic N) is 2. The quantitative estimate of drug-likeness (QED) is 0.764. The Bertz CT molecular complexity index is 501. The predicted molar refractivity (Wildman–Crippen MR) is 60.5 cm³/mol. The molecule has 15 heavy (non-hydrogen) atoms. The highest BCUT2D eigenvalue weighted by atomic mass is 32.1.